The summed E-state index contributed by atoms with van der Waals surface area (Å²) >= 11 is 0. The van der Waals surface area contributed by atoms with Gasteiger partial charge in [-0.3, -0.25) is 4.90 Å². The van der Waals surface area contributed by atoms with E-state index in [1.807, 2.05) is 50.4 Å². The fourth-order valence-electron chi connectivity index (χ4n) is 5.23. The molecule has 0 aliphatic carbocycles. The molecule has 1 aromatic heterocycles. The fourth-order valence-corrected chi connectivity index (χ4v) is 7.23. The highest BCUT2D eigenvalue weighted by Gasteiger charge is 2.43. The summed E-state index contributed by atoms with van der Waals surface area (Å²) < 4.78 is 45.6. The molecule has 176 valence electrons. The molecule has 1 unspecified atom stereocenters. The predicted octanol–water partition coefficient (Wildman–Crippen LogP) is 4.64. The maximum Gasteiger partial charge on any atom is 0.306 e. The van der Waals surface area contributed by atoms with Gasteiger partial charge in [0.15, 0.2) is 0 Å². The third-order valence-corrected chi connectivity index (χ3v) is 8.99. The Bertz CT molecular complexity index is 1250. The summed E-state index contributed by atoms with van der Waals surface area (Å²) in [6.07, 6.45) is 5.16. The summed E-state index contributed by atoms with van der Waals surface area (Å²) in [6, 6.07) is 12.7. The van der Waals surface area contributed by atoms with Gasteiger partial charge in [0.1, 0.15) is 12.0 Å². The van der Waals surface area contributed by atoms with E-state index < -0.39 is 10.2 Å². The van der Waals surface area contributed by atoms with Gasteiger partial charge in [-0.2, -0.15) is 12.7 Å². The number of H-pyrrole nitrogens is 1. The van der Waals surface area contributed by atoms with Crippen molar-refractivity contribution < 1.29 is 12.8 Å². The average molecular weight is 471 g/mol. The van der Waals surface area contributed by atoms with Gasteiger partial charge >= 0.3 is 10.2 Å². The van der Waals surface area contributed by atoms with E-state index in [0.717, 1.165) is 54.6 Å². The summed E-state index contributed by atoms with van der Waals surface area (Å²) in [5.41, 5.74) is 3.15. The molecule has 1 saturated heterocycles. The first kappa shape index (κ1) is 22.4. The lowest BCUT2D eigenvalue weighted by atomic mass is 10.0. The Morgan fingerprint density at radius 3 is 2.55 bits per heavy atom. The normalized spacial score (nSPS) is 20.3. The highest BCUT2D eigenvalue weighted by Crippen LogP contribution is 2.37. The first-order valence-electron chi connectivity index (χ1n) is 11.8. The Kier molecular flexibility index (Phi) is 5.93. The van der Waals surface area contributed by atoms with Gasteiger partial charge in [0.05, 0.1) is 11.2 Å². The van der Waals surface area contributed by atoms with E-state index in [1.54, 1.807) is 14.7 Å². The number of nitrogens with one attached hydrogen (secondary N) is 1. The van der Waals surface area contributed by atoms with E-state index in [2.05, 4.69) is 9.88 Å². The van der Waals surface area contributed by atoms with Crippen LogP contribution in [0, 0.1) is 5.82 Å². The first-order valence-corrected chi connectivity index (χ1v) is 13.2. The number of hydrogen-bond donors (Lipinski definition) is 1. The van der Waals surface area contributed by atoms with Crippen molar-refractivity contribution in [2.75, 3.05) is 17.4 Å². The van der Waals surface area contributed by atoms with Crippen LogP contribution in [0.2, 0.25) is 0 Å². The van der Waals surface area contributed by atoms with Crippen molar-refractivity contribution in [1.82, 2.24) is 14.2 Å². The van der Waals surface area contributed by atoms with E-state index >= 15 is 0 Å². The lowest BCUT2D eigenvalue weighted by Gasteiger charge is -2.47. The van der Waals surface area contributed by atoms with Crippen LogP contribution in [0.25, 0.3) is 10.9 Å². The lowest BCUT2D eigenvalue weighted by Crippen LogP contribution is -2.60. The molecule has 8 heteroatoms. The van der Waals surface area contributed by atoms with Gasteiger partial charge in [0.2, 0.25) is 0 Å². The molecule has 0 radical (unpaired) electrons. The largest absolute Gasteiger partial charge is 0.359 e. The summed E-state index contributed by atoms with van der Waals surface area (Å²) in [6.45, 7) is 5.90. The van der Waals surface area contributed by atoms with Crippen LogP contribution in [0.3, 0.4) is 0 Å². The van der Waals surface area contributed by atoms with Crippen LogP contribution in [-0.4, -0.2) is 47.9 Å². The van der Waals surface area contributed by atoms with Gasteiger partial charge in [-0.1, -0.05) is 36.8 Å². The highest BCUT2D eigenvalue weighted by atomic mass is 32.2. The number of anilines is 1. The molecule has 2 aliphatic rings. The number of aromatic nitrogens is 1. The van der Waals surface area contributed by atoms with Crippen molar-refractivity contribution in [1.29, 1.82) is 0 Å². The number of piperidine rings is 1. The van der Waals surface area contributed by atoms with Crippen LogP contribution in [-0.2, 0) is 23.2 Å². The molecular formula is C25H31FN4O2S. The highest BCUT2D eigenvalue weighted by molar-refractivity contribution is 7.90. The van der Waals surface area contributed by atoms with Crippen molar-refractivity contribution in [3.63, 3.8) is 0 Å². The number of likely N-dealkylation sites (tertiary alicyclic amines) is 1. The minimum absolute atomic E-state index is 0.157. The molecule has 1 fully saturated rings. The Morgan fingerprint density at radius 1 is 1.03 bits per heavy atom. The Hall–Kier alpha value is -2.42. The number of aromatic amines is 1. The van der Waals surface area contributed by atoms with Gasteiger partial charge in [-0.05, 0) is 49.9 Å². The molecule has 6 nitrogen and oxygen atoms in total. The average Bonchev–Trinajstić information content (AvgIpc) is 3.22. The molecular weight excluding hydrogens is 439 g/mol. The maximum atomic E-state index is 14.4. The molecule has 1 atom stereocenters. The molecule has 0 amide bonds. The first-order chi connectivity index (χ1) is 15.9. The zero-order valence-electron chi connectivity index (χ0n) is 19.2. The Labute approximate surface area is 195 Å². The van der Waals surface area contributed by atoms with Crippen molar-refractivity contribution in [3.8, 4) is 0 Å². The summed E-state index contributed by atoms with van der Waals surface area (Å²) in [4.78, 5) is 5.35. The number of nitrogens with zero attached hydrogens (tertiary/aromatic N) is 3. The summed E-state index contributed by atoms with van der Waals surface area (Å²) in [5.74, 6) is -0.296. The summed E-state index contributed by atoms with van der Waals surface area (Å²) in [5, 5.41) is 0.806. The molecule has 33 heavy (non-hydrogen) atoms. The van der Waals surface area contributed by atoms with E-state index in [4.69, 9.17) is 0 Å². The van der Waals surface area contributed by atoms with Crippen LogP contribution in [0.5, 0.6) is 0 Å². The van der Waals surface area contributed by atoms with Crippen LogP contribution in [0.1, 0.15) is 44.2 Å². The molecule has 3 aromatic rings. The Morgan fingerprint density at radius 2 is 1.79 bits per heavy atom. The van der Waals surface area contributed by atoms with Gasteiger partial charge in [0, 0.05) is 43.7 Å². The van der Waals surface area contributed by atoms with Crippen LogP contribution in [0.15, 0.2) is 48.7 Å². The van der Waals surface area contributed by atoms with Crippen LogP contribution in [0.4, 0.5) is 10.1 Å². The van der Waals surface area contributed by atoms with E-state index in [-0.39, 0.29) is 18.0 Å². The number of fused-ring (bicyclic) bond motifs is 2. The number of rotatable bonds is 5. The molecule has 0 bridgehead atoms. The summed E-state index contributed by atoms with van der Waals surface area (Å²) in [7, 11) is -3.75. The maximum absolute atomic E-state index is 14.4. The number of para-hydroxylation sites is 2. The predicted molar refractivity (Wildman–Crippen MR) is 130 cm³/mol. The zero-order valence-corrected chi connectivity index (χ0v) is 20.0. The topological polar surface area (TPSA) is 59.6 Å². The number of hydrogen-bond acceptors (Lipinski definition) is 3. The SMILES string of the molecule is CC(C)N1Cc2ccccc2N(C(Cc2c[nH]c3c(F)cccc23)N2CCCCC2)S1(=O)=O. The van der Waals surface area contributed by atoms with Crippen LogP contribution < -0.4 is 4.31 Å². The Balaban J connectivity index is 1.64. The standard InChI is InChI=1S/C25H31FN4O2S/c1-18(2)29-17-19-9-4-5-12-23(19)30(33(29,31)32)24(28-13-6-3-7-14-28)15-20-16-27-25-21(20)10-8-11-22(25)26/h4-5,8-12,16,18,24,27H,3,6-7,13-15,17H2,1-2H3. The molecule has 3 heterocycles. The van der Waals surface area contributed by atoms with Gasteiger partial charge in [-0.15, -0.1) is 0 Å². The van der Waals surface area contributed by atoms with E-state index in [1.165, 1.54) is 6.07 Å². The molecule has 0 saturated carbocycles. The minimum Gasteiger partial charge on any atom is -0.359 e. The minimum atomic E-state index is -3.75. The number of halogens is 1. The third kappa shape index (κ3) is 3.94. The number of benzene rings is 2. The monoisotopic (exact) mass is 470 g/mol. The molecule has 5 rings (SSSR count). The van der Waals surface area contributed by atoms with E-state index in [0.29, 0.717) is 18.5 Å². The van der Waals surface area contributed by atoms with Crippen molar-refractivity contribution in [3.05, 3.63) is 65.6 Å². The van der Waals surface area contributed by atoms with Crippen LogP contribution >= 0.6 is 0 Å². The van der Waals surface area contributed by atoms with Crippen molar-refractivity contribution >= 4 is 26.8 Å². The van der Waals surface area contributed by atoms with Gasteiger partial charge in [-0.25, -0.2) is 8.70 Å². The fraction of sp³-hybridized carbons (Fsp3) is 0.440. The molecule has 1 N–H and O–H groups in total. The second-order valence-corrected chi connectivity index (χ2v) is 11.1. The second-order valence-electron chi connectivity index (χ2n) is 9.33. The quantitative estimate of drug-likeness (QED) is 0.591. The lowest BCUT2D eigenvalue weighted by molar-refractivity contribution is 0.164. The molecule has 0 spiro atoms. The second kappa shape index (κ2) is 8.74. The van der Waals surface area contributed by atoms with E-state index in [9.17, 15) is 12.8 Å². The molecule has 2 aliphatic heterocycles. The molecule has 2 aromatic carbocycles. The third-order valence-electron chi connectivity index (χ3n) is 6.91. The smallest absolute Gasteiger partial charge is 0.306 e. The van der Waals surface area contributed by atoms with Crippen molar-refractivity contribution in [2.45, 2.75) is 58.3 Å². The zero-order chi connectivity index (χ0) is 23.2. The van der Waals surface area contributed by atoms with Crippen molar-refractivity contribution in [2.24, 2.45) is 0 Å². The van der Waals surface area contributed by atoms with Gasteiger partial charge < -0.3 is 4.98 Å². The van der Waals surface area contributed by atoms with Gasteiger partial charge in [0.25, 0.3) is 0 Å².